The van der Waals surface area contributed by atoms with Crippen LogP contribution >= 0.6 is 55.1 Å². The topological polar surface area (TPSA) is 64.7 Å². The van der Waals surface area contributed by atoms with Gasteiger partial charge in [-0.1, -0.05) is 36.2 Å². The number of carbonyl (C=O) groups excluding carboxylic acids is 1. The zero-order valence-corrected chi connectivity index (χ0v) is 18.8. The third-order valence-corrected chi connectivity index (χ3v) is 5.53. The quantitative estimate of drug-likeness (QED) is 0.470. The number of benzene rings is 1. The van der Waals surface area contributed by atoms with E-state index in [0.29, 0.717) is 33.4 Å². The van der Waals surface area contributed by atoms with Crippen molar-refractivity contribution in [3.63, 3.8) is 0 Å². The predicted octanol–water partition coefficient (Wildman–Crippen LogP) is 5.23. The van der Waals surface area contributed by atoms with Crippen LogP contribution in [0.1, 0.15) is 12.5 Å². The number of carbonyl (C=O) groups is 1. The molecule has 0 aliphatic carbocycles. The molecule has 2 heterocycles. The highest BCUT2D eigenvalue weighted by atomic mass is 79.9. The molecule has 10 heteroatoms. The molecule has 27 heavy (non-hydrogen) atoms. The van der Waals surface area contributed by atoms with E-state index >= 15 is 0 Å². The van der Waals surface area contributed by atoms with Gasteiger partial charge in [-0.05, 0) is 49.6 Å². The van der Waals surface area contributed by atoms with E-state index in [4.69, 9.17) is 23.2 Å². The van der Waals surface area contributed by atoms with Crippen LogP contribution in [0.3, 0.4) is 0 Å². The fourth-order valence-electron chi connectivity index (χ4n) is 2.43. The van der Waals surface area contributed by atoms with E-state index in [1.54, 1.807) is 33.9 Å². The van der Waals surface area contributed by atoms with Crippen LogP contribution in [0.25, 0.3) is 0 Å². The summed E-state index contributed by atoms with van der Waals surface area (Å²) in [4.78, 5) is 12.5. The van der Waals surface area contributed by atoms with Crippen molar-refractivity contribution in [3.8, 4) is 0 Å². The molecule has 2 aromatic heterocycles. The lowest BCUT2D eigenvalue weighted by Crippen LogP contribution is -2.25. The molecule has 1 unspecified atom stereocenters. The standard InChI is InChI=1S/C17H15Br2Cl2N5O/c1-10(6-25-8-12(18)5-22-25)17(27)23-16-13(19)9-26(24-16)7-11-2-3-14(20)15(21)4-11/h2-5,8-10H,6-7H2,1H3,(H,23,24,27). The van der Waals surface area contributed by atoms with Gasteiger partial charge in [-0.25, -0.2) is 0 Å². The minimum Gasteiger partial charge on any atom is -0.308 e. The summed E-state index contributed by atoms with van der Waals surface area (Å²) >= 11 is 18.8. The molecule has 0 fully saturated rings. The van der Waals surface area contributed by atoms with Crippen LogP contribution in [0.5, 0.6) is 0 Å². The summed E-state index contributed by atoms with van der Waals surface area (Å²) in [7, 11) is 0. The van der Waals surface area contributed by atoms with E-state index in [9.17, 15) is 4.79 Å². The van der Waals surface area contributed by atoms with Gasteiger partial charge in [-0.3, -0.25) is 14.2 Å². The van der Waals surface area contributed by atoms with Crippen molar-refractivity contribution in [2.45, 2.75) is 20.0 Å². The number of anilines is 1. The zero-order valence-electron chi connectivity index (χ0n) is 14.2. The normalized spacial score (nSPS) is 12.2. The third-order valence-electron chi connectivity index (χ3n) is 3.80. The fourth-order valence-corrected chi connectivity index (χ4v) is 3.49. The molecule has 6 nitrogen and oxygen atoms in total. The Morgan fingerprint density at radius 1 is 1.22 bits per heavy atom. The van der Waals surface area contributed by atoms with Gasteiger partial charge in [0.2, 0.25) is 5.91 Å². The summed E-state index contributed by atoms with van der Waals surface area (Å²) < 4.78 is 5.00. The Hall–Kier alpha value is -1.35. The summed E-state index contributed by atoms with van der Waals surface area (Å²) in [5.74, 6) is 0.0552. The van der Waals surface area contributed by atoms with E-state index in [1.165, 1.54) is 0 Å². The van der Waals surface area contributed by atoms with Crippen LogP contribution in [0.2, 0.25) is 10.0 Å². The first-order valence-corrected chi connectivity index (χ1v) is 10.3. The summed E-state index contributed by atoms with van der Waals surface area (Å²) in [5, 5.41) is 12.4. The Morgan fingerprint density at radius 2 is 2.00 bits per heavy atom. The maximum atomic E-state index is 12.5. The second-order valence-electron chi connectivity index (χ2n) is 6.04. The Labute approximate surface area is 183 Å². The Kier molecular flexibility index (Phi) is 6.62. The number of hydrogen-bond acceptors (Lipinski definition) is 3. The maximum Gasteiger partial charge on any atom is 0.230 e. The molecule has 0 saturated carbocycles. The van der Waals surface area contributed by atoms with E-state index < -0.39 is 0 Å². The lowest BCUT2D eigenvalue weighted by atomic mass is 10.1. The second-order valence-corrected chi connectivity index (χ2v) is 8.63. The van der Waals surface area contributed by atoms with Crippen LogP contribution in [-0.4, -0.2) is 25.5 Å². The van der Waals surface area contributed by atoms with Crippen molar-refractivity contribution in [2.24, 2.45) is 5.92 Å². The molecule has 3 rings (SSSR count). The molecule has 0 spiro atoms. The van der Waals surface area contributed by atoms with Crippen LogP contribution in [0.4, 0.5) is 5.82 Å². The van der Waals surface area contributed by atoms with E-state index in [0.717, 1.165) is 10.0 Å². The van der Waals surface area contributed by atoms with Gasteiger partial charge in [-0.15, -0.1) is 0 Å². The molecule has 0 aliphatic heterocycles. The summed E-state index contributed by atoms with van der Waals surface area (Å²) in [5.41, 5.74) is 0.954. The van der Waals surface area contributed by atoms with Crippen molar-refractivity contribution in [2.75, 3.05) is 5.32 Å². The molecule has 1 aromatic carbocycles. The number of nitrogens with one attached hydrogen (secondary N) is 1. The minimum absolute atomic E-state index is 0.137. The molecule has 1 amide bonds. The second kappa shape index (κ2) is 8.77. The van der Waals surface area contributed by atoms with Crippen molar-refractivity contribution in [3.05, 3.63) is 61.3 Å². The largest absolute Gasteiger partial charge is 0.308 e. The number of nitrogens with zero attached hydrogens (tertiary/aromatic N) is 4. The van der Waals surface area contributed by atoms with Gasteiger partial charge in [0.05, 0.1) is 44.2 Å². The highest BCUT2D eigenvalue weighted by Crippen LogP contribution is 2.25. The van der Waals surface area contributed by atoms with Crippen LogP contribution in [0.15, 0.2) is 45.7 Å². The smallest absolute Gasteiger partial charge is 0.230 e. The first-order chi connectivity index (χ1) is 12.8. The number of halogens is 4. The van der Waals surface area contributed by atoms with Gasteiger partial charge in [0.1, 0.15) is 0 Å². The molecule has 0 saturated heterocycles. The molecule has 142 valence electrons. The minimum atomic E-state index is -0.274. The molecule has 3 aromatic rings. The third kappa shape index (κ3) is 5.34. The molecular formula is C17H15Br2Cl2N5O. The van der Waals surface area contributed by atoms with Crippen molar-refractivity contribution in [1.29, 1.82) is 0 Å². The summed E-state index contributed by atoms with van der Waals surface area (Å²) in [6, 6.07) is 5.42. The molecule has 1 atom stereocenters. The molecular weight excluding hydrogens is 521 g/mol. The monoisotopic (exact) mass is 533 g/mol. The number of amides is 1. The van der Waals surface area contributed by atoms with Gasteiger partial charge in [-0.2, -0.15) is 10.2 Å². The number of hydrogen-bond donors (Lipinski definition) is 1. The van der Waals surface area contributed by atoms with Crippen molar-refractivity contribution in [1.82, 2.24) is 19.6 Å². The summed E-state index contributed by atoms with van der Waals surface area (Å²) in [6.45, 7) is 2.81. The number of aromatic nitrogens is 4. The van der Waals surface area contributed by atoms with Gasteiger partial charge < -0.3 is 5.32 Å². The van der Waals surface area contributed by atoms with Gasteiger partial charge >= 0.3 is 0 Å². The SMILES string of the molecule is CC(Cn1cc(Br)cn1)C(=O)Nc1nn(Cc2ccc(Cl)c(Cl)c2)cc1Br. The van der Waals surface area contributed by atoms with Gasteiger partial charge in [0.15, 0.2) is 5.82 Å². The molecule has 0 radical (unpaired) electrons. The van der Waals surface area contributed by atoms with Crippen molar-refractivity contribution < 1.29 is 4.79 Å². The van der Waals surface area contributed by atoms with E-state index in [-0.39, 0.29) is 11.8 Å². The first kappa shape index (κ1) is 20.4. The van der Waals surface area contributed by atoms with Crippen LogP contribution < -0.4 is 5.32 Å². The zero-order chi connectivity index (χ0) is 19.6. The highest BCUT2D eigenvalue weighted by Gasteiger charge is 2.17. The molecule has 0 bridgehead atoms. The average molecular weight is 536 g/mol. The summed E-state index contributed by atoms with van der Waals surface area (Å²) in [6.07, 6.45) is 5.31. The Bertz CT molecular complexity index is 972. The fraction of sp³-hybridized carbons (Fsp3) is 0.235. The van der Waals surface area contributed by atoms with E-state index in [2.05, 4.69) is 47.4 Å². The lowest BCUT2D eigenvalue weighted by Gasteiger charge is -2.11. The Balaban J connectivity index is 1.65. The Morgan fingerprint density at radius 3 is 2.67 bits per heavy atom. The van der Waals surface area contributed by atoms with E-state index in [1.807, 2.05) is 19.2 Å². The number of rotatable bonds is 6. The molecule has 0 aliphatic rings. The van der Waals surface area contributed by atoms with Crippen LogP contribution in [-0.2, 0) is 17.9 Å². The average Bonchev–Trinajstić information content (AvgIpc) is 3.16. The van der Waals surface area contributed by atoms with Crippen molar-refractivity contribution >= 4 is 66.8 Å². The first-order valence-electron chi connectivity index (χ1n) is 7.97. The highest BCUT2D eigenvalue weighted by molar-refractivity contribution is 9.10. The van der Waals surface area contributed by atoms with Crippen LogP contribution in [0, 0.1) is 5.92 Å². The van der Waals surface area contributed by atoms with Gasteiger partial charge in [0.25, 0.3) is 0 Å². The predicted molar refractivity (Wildman–Crippen MR) is 113 cm³/mol. The molecule has 1 N–H and O–H groups in total. The van der Waals surface area contributed by atoms with Gasteiger partial charge in [0, 0.05) is 12.4 Å². The lowest BCUT2D eigenvalue weighted by molar-refractivity contribution is -0.119. The maximum absolute atomic E-state index is 12.5.